The molecule has 4 rings (SSSR count). The molecule has 4 aromatic rings. The van der Waals surface area contributed by atoms with Crippen LogP contribution in [0.2, 0.25) is 0 Å². The van der Waals surface area contributed by atoms with Crippen molar-refractivity contribution < 1.29 is 9.53 Å². The monoisotopic (exact) mass is 371 g/mol. The summed E-state index contributed by atoms with van der Waals surface area (Å²) in [7, 11) is 1.63. The van der Waals surface area contributed by atoms with Gasteiger partial charge in [0, 0.05) is 11.9 Å². The average molecular weight is 371 g/mol. The maximum Gasteiger partial charge on any atom is 0.272 e. The molecule has 0 atom stereocenters. The molecule has 0 aliphatic rings. The smallest absolute Gasteiger partial charge is 0.272 e. The van der Waals surface area contributed by atoms with Crippen LogP contribution in [-0.4, -0.2) is 22.8 Å². The Morgan fingerprint density at radius 3 is 2.57 bits per heavy atom. The van der Waals surface area contributed by atoms with Gasteiger partial charge in [-0.15, -0.1) is 0 Å². The Kier molecular flexibility index (Phi) is 4.81. The third kappa shape index (κ3) is 3.47. The lowest BCUT2D eigenvalue weighted by Gasteiger charge is -2.05. The summed E-state index contributed by atoms with van der Waals surface area (Å²) in [5.74, 6) is 0.585. The number of hydrogen-bond acceptors (Lipinski definition) is 3. The van der Waals surface area contributed by atoms with Crippen LogP contribution in [0.1, 0.15) is 21.6 Å². The second-order valence-corrected chi connectivity index (χ2v) is 6.65. The number of benzene rings is 3. The summed E-state index contributed by atoms with van der Waals surface area (Å²) in [5, 5.41) is 8.41. The molecule has 1 heterocycles. The van der Waals surface area contributed by atoms with Crippen LogP contribution in [0.4, 0.5) is 0 Å². The van der Waals surface area contributed by atoms with Crippen molar-refractivity contribution in [1.82, 2.24) is 15.1 Å². The van der Waals surface area contributed by atoms with E-state index in [4.69, 9.17) is 4.74 Å². The van der Waals surface area contributed by atoms with Crippen LogP contribution in [0.5, 0.6) is 5.75 Å². The summed E-state index contributed by atoms with van der Waals surface area (Å²) in [6.07, 6.45) is 0. The number of methoxy groups -OCH3 is 1. The zero-order chi connectivity index (χ0) is 19.5. The lowest BCUT2D eigenvalue weighted by atomic mass is 10.1. The van der Waals surface area contributed by atoms with Gasteiger partial charge >= 0.3 is 0 Å². The van der Waals surface area contributed by atoms with Crippen LogP contribution >= 0.6 is 0 Å². The van der Waals surface area contributed by atoms with Gasteiger partial charge in [0.15, 0.2) is 5.69 Å². The van der Waals surface area contributed by atoms with Crippen LogP contribution in [-0.2, 0) is 6.54 Å². The highest BCUT2D eigenvalue weighted by Gasteiger charge is 2.17. The number of nitrogens with one attached hydrogen (secondary N) is 1. The highest BCUT2D eigenvalue weighted by atomic mass is 16.5. The minimum Gasteiger partial charge on any atom is -0.497 e. The number of ether oxygens (including phenoxy) is 1. The first-order valence-electron chi connectivity index (χ1n) is 9.11. The Labute approximate surface area is 163 Å². The van der Waals surface area contributed by atoms with Crippen molar-refractivity contribution in [3.63, 3.8) is 0 Å². The van der Waals surface area contributed by atoms with Gasteiger partial charge in [0.25, 0.3) is 5.91 Å². The molecule has 0 unspecified atom stereocenters. The number of para-hydroxylation sites is 1. The second kappa shape index (κ2) is 7.56. The maximum atomic E-state index is 12.9. The Hall–Kier alpha value is -3.60. The average Bonchev–Trinajstić information content (AvgIpc) is 3.12. The summed E-state index contributed by atoms with van der Waals surface area (Å²) in [4.78, 5) is 12.9. The van der Waals surface area contributed by atoms with E-state index in [1.54, 1.807) is 11.8 Å². The lowest BCUT2D eigenvalue weighted by Crippen LogP contribution is -2.23. The minimum atomic E-state index is -0.190. The third-order valence-corrected chi connectivity index (χ3v) is 4.65. The highest BCUT2D eigenvalue weighted by Crippen LogP contribution is 2.23. The molecule has 0 radical (unpaired) electrons. The van der Waals surface area contributed by atoms with E-state index in [0.717, 1.165) is 27.9 Å². The molecule has 0 fully saturated rings. The SMILES string of the molecule is COc1ccc(-n2nc(C(=O)NCc3cccc(C)c3)c3ccccc32)cc1. The summed E-state index contributed by atoms with van der Waals surface area (Å²) in [5.41, 5.74) is 4.40. The van der Waals surface area contributed by atoms with Gasteiger partial charge in [0.2, 0.25) is 0 Å². The topological polar surface area (TPSA) is 56.2 Å². The minimum absolute atomic E-state index is 0.190. The fourth-order valence-electron chi connectivity index (χ4n) is 3.24. The first-order chi connectivity index (χ1) is 13.7. The van der Waals surface area contributed by atoms with Crippen molar-refractivity contribution >= 4 is 16.8 Å². The molecule has 5 nitrogen and oxygen atoms in total. The van der Waals surface area contributed by atoms with E-state index in [9.17, 15) is 4.79 Å². The maximum absolute atomic E-state index is 12.9. The number of hydrogen-bond donors (Lipinski definition) is 1. The first-order valence-corrected chi connectivity index (χ1v) is 9.11. The Balaban J connectivity index is 1.66. The fraction of sp³-hybridized carbons (Fsp3) is 0.130. The predicted molar refractivity (Wildman–Crippen MR) is 110 cm³/mol. The van der Waals surface area contributed by atoms with Crippen LogP contribution in [0.25, 0.3) is 16.6 Å². The Bertz CT molecular complexity index is 1130. The Morgan fingerprint density at radius 1 is 1.04 bits per heavy atom. The van der Waals surface area contributed by atoms with E-state index in [1.807, 2.05) is 73.7 Å². The van der Waals surface area contributed by atoms with E-state index in [0.29, 0.717) is 12.2 Å². The normalized spacial score (nSPS) is 10.8. The number of fused-ring (bicyclic) bond motifs is 1. The fourth-order valence-corrected chi connectivity index (χ4v) is 3.24. The van der Waals surface area contributed by atoms with Crippen molar-refractivity contribution in [2.24, 2.45) is 0 Å². The first kappa shape index (κ1) is 17.8. The number of rotatable bonds is 5. The summed E-state index contributed by atoms with van der Waals surface area (Å²) < 4.78 is 7.01. The highest BCUT2D eigenvalue weighted by molar-refractivity contribution is 6.05. The van der Waals surface area contributed by atoms with Gasteiger partial charge in [-0.1, -0.05) is 48.0 Å². The molecule has 0 saturated heterocycles. The van der Waals surface area contributed by atoms with Gasteiger partial charge < -0.3 is 10.1 Å². The van der Waals surface area contributed by atoms with E-state index in [1.165, 1.54) is 5.56 Å². The molecular weight excluding hydrogens is 350 g/mol. The summed E-state index contributed by atoms with van der Waals surface area (Å²) in [6, 6.07) is 23.4. The summed E-state index contributed by atoms with van der Waals surface area (Å²) >= 11 is 0. The van der Waals surface area contributed by atoms with Crippen LogP contribution in [0.15, 0.2) is 72.8 Å². The van der Waals surface area contributed by atoms with E-state index >= 15 is 0 Å². The number of aromatic nitrogens is 2. The molecule has 140 valence electrons. The van der Waals surface area contributed by atoms with Crippen molar-refractivity contribution in [3.05, 3.63) is 89.6 Å². The van der Waals surface area contributed by atoms with Crippen LogP contribution in [0, 0.1) is 6.92 Å². The number of carbonyl (C=O) groups excluding carboxylic acids is 1. The van der Waals surface area contributed by atoms with Gasteiger partial charge in [-0.2, -0.15) is 5.10 Å². The zero-order valence-corrected chi connectivity index (χ0v) is 15.8. The quantitative estimate of drug-likeness (QED) is 0.570. The molecule has 5 heteroatoms. The molecule has 1 amide bonds. The van der Waals surface area contributed by atoms with E-state index in [-0.39, 0.29) is 5.91 Å². The van der Waals surface area contributed by atoms with Gasteiger partial charge in [-0.25, -0.2) is 4.68 Å². The molecule has 0 saturated carbocycles. The standard InChI is InChI=1S/C23H21N3O2/c1-16-6-5-7-17(14-16)15-24-23(27)22-20-8-3-4-9-21(20)26(25-22)18-10-12-19(28-2)13-11-18/h3-14H,15H2,1-2H3,(H,24,27). The zero-order valence-electron chi connectivity index (χ0n) is 15.8. The molecule has 3 aromatic carbocycles. The number of carbonyl (C=O) groups is 1. The van der Waals surface area contributed by atoms with Gasteiger partial charge in [-0.3, -0.25) is 4.79 Å². The van der Waals surface area contributed by atoms with E-state index in [2.05, 4.69) is 16.5 Å². The predicted octanol–water partition coefficient (Wildman–Crippen LogP) is 4.27. The van der Waals surface area contributed by atoms with Crippen molar-refractivity contribution in [2.75, 3.05) is 7.11 Å². The largest absolute Gasteiger partial charge is 0.497 e. The summed E-state index contributed by atoms with van der Waals surface area (Å²) in [6.45, 7) is 2.50. The van der Waals surface area contributed by atoms with Gasteiger partial charge in [-0.05, 0) is 42.8 Å². The van der Waals surface area contributed by atoms with Gasteiger partial charge in [0.05, 0.1) is 18.3 Å². The molecule has 0 bridgehead atoms. The van der Waals surface area contributed by atoms with Crippen molar-refractivity contribution in [3.8, 4) is 11.4 Å². The molecule has 28 heavy (non-hydrogen) atoms. The van der Waals surface area contributed by atoms with Crippen LogP contribution in [0.3, 0.4) is 0 Å². The van der Waals surface area contributed by atoms with Crippen molar-refractivity contribution in [2.45, 2.75) is 13.5 Å². The molecule has 0 aliphatic carbocycles. The second-order valence-electron chi connectivity index (χ2n) is 6.65. The van der Waals surface area contributed by atoms with Crippen LogP contribution < -0.4 is 10.1 Å². The van der Waals surface area contributed by atoms with E-state index < -0.39 is 0 Å². The molecule has 0 spiro atoms. The molecular formula is C23H21N3O2. The molecule has 1 N–H and O–H groups in total. The third-order valence-electron chi connectivity index (χ3n) is 4.65. The van der Waals surface area contributed by atoms with Gasteiger partial charge in [0.1, 0.15) is 5.75 Å². The number of nitrogens with zero attached hydrogens (tertiary/aromatic N) is 2. The van der Waals surface area contributed by atoms with Crippen molar-refractivity contribution in [1.29, 1.82) is 0 Å². The Morgan fingerprint density at radius 2 is 1.82 bits per heavy atom. The molecule has 1 aromatic heterocycles. The number of amides is 1. The molecule has 0 aliphatic heterocycles. The lowest BCUT2D eigenvalue weighted by molar-refractivity contribution is 0.0947. The number of aryl methyl sites for hydroxylation is 1.